The molecule has 4 fully saturated rings. The Bertz CT molecular complexity index is 1740. The van der Waals surface area contributed by atoms with E-state index in [2.05, 4.69) is 52.2 Å². The van der Waals surface area contributed by atoms with Crippen LogP contribution in [0.3, 0.4) is 0 Å². The number of benzene rings is 2. The molecule has 0 heterocycles. The number of amides is 2. The van der Waals surface area contributed by atoms with Crippen LogP contribution in [0.5, 0.6) is 0 Å². The molecule has 288 valence electrons. The number of allylic oxidation sites excluding steroid dienone is 1. The summed E-state index contributed by atoms with van der Waals surface area (Å²) in [6.45, 7) is 14.4. The Labute approximate surface area is 317 Å². The number of methoxy groups -OCH3 is 1. The number of aliphatic hydroxyl groups excluding tert-OH is 1. The smallest absolute Gasteiger partial charge is 0.337 e. The molecule has 4 saturated carbocycles. The lowest BCUT2D eigenvalue weighted by molar-refractivity contribution is -0.215. The Morgan fingerprint density at radius 2 is 1.68 bits per heavy atom. The fourth-order valence-electron chi connectivity index (χ4n) is 12.6. The van der Waals surface area contributed by atoms with E-state index in [4.69, 9.17) is 10.5 Å². The second kappa shape index (κ2) is 14.9. The molecule has 5 N–H and O–H groups in total. The molecule has 4 aliphatic carbocycles. The van der Waals surface area contributed by atoms with Gasteiger partial charge in [0.1, 0.15) is 0 Å². The van der Waals surface area contributed by atoms with Gasteiger partial charge in [-0.05, 0) is 146 Å². The lowest BCUT2D eigenvalue weighted by Crippen LogP contribution is -2.63. The maximum Gasteiger partial charge on any atom is 0.337 e. The Kier molecular flexibility index (Phi) is 11.0. The third-order valence-corrected chi connectivity index (χ3v) is 15.4. The summed E-state index contributed by atoms with van der Waals surface area (Å²) >= 11 is 0. The van der Waals surface area contributed by atoms with Gasteiger partial charge in [0, 0.05) is 11.8 Å². The zero-order valence-corrected chi connectivity index (χ0v) is 33.1. The first-order chi connectivity index (χ1) is 25.1. The molecule has 2 aromatic rings. The van der Waals surface area contributed by atoms with E-state index in [0.29, 0.717) is 58.5 Å². The van der Waals surface area contributed by atoms with Gasteiger partial charge >= 0.3 is 5.97 Å². The highest BCUT2D eigenvalue weighted by Gasteiger charge is 2.65. The van der Waals surface area contributed by atoms with Crippen LogP contribution in [0, 0.1) is 51.2 Å². The maximum absolute atomic E-state index is 14.3. The van der Waals surface area contributed by atoms with Gasteiger partial charge in [0.05, 0.1) is 35.6 Å². The number of hydrogen-bond acceptors (Lipinski definition) is 6. The molecule has 0 spiro atoms. The van der Waals surface area contributed by atoms with E-state index < -0.39 is 5.97 Å². The van der Waals surface area contributed by atoms with Crippen LogP contribution in [0.2, 0.25) is 0 Å². The molecule has 0 saturated heterocycles. The van der Waals surface area contributed by atoms with Crippen LogP contribution in [0.4, 0.5) is 11.4 Å². The molecule has 4 aliphatic rings. The van der Waals surface area contributed by atoms with E-state index >= 15 is 0 Å². The normalized spacial score (nSPS) is 34.6. The van der Waals surface area contributed by atoms with Crippen LogP contribution in [-0.2, 0) is 16.0 Å². The third-order valence-electron chi connectivity index (χ3n) is 15.4. The largest absolute Gasteiger partial charge is 0.465 e. The Morgan fingerprint density at radius 3 is 2.42 bits per heavy atom. The standard InChI is InChI=1S/C45H63N3O5/c1-8-21-45(24-18-33-32(28(45)2)15-17-37-43(33,5)22-19-36-42(3,4)38(49)20-23-44(36,37)6)41(52)47-25-10-12-29-11-9-13-30(26-29)39(50)48-35-27-31(40(51)53-7)14-16-34(35)46/h9-11,13-14,16,25-28,32-33,36-38,49H,8,12,15,17-24,46H2,1-7H3,(H,47,52)(H,48,50)/b25-10+. The topological polar surface area (TPSA) is 131 Å². The van der Waals surface area contributed by atoms with Crippen LogP contribution < -0.4 is 16.4 Å². The molecule has 0 aliphatic heterocycles. The molecule has 2 amide bonds. The number of hydrogen-bond donors (Lipinski definition) is 4. The molecule has 2 aromatic carbocycles. The van der Waals surface area contributed by atoms with Gasteiger partial charge in [0.25, 0.3) is 5.91 Å². The molecule has 0 radical (unpaired) electrons. The van der Waals surface area contributed by atoms with Crippen molar-refractivity contribution in [1.29, 1.82) is 0 Å². The van der Waals surface area contributed by atoms with E-state index in [1.54, 1.807) is 24.4 Å². The van der Waals surface area contributed by atoms with Crippen LogP contribution in [-0.4, -0.2) is 36.1 Å². The maximum atomic E-state index is 14.3. The first-order valence-corrected chi connectivity index (χ1v) is 20.1. The van der Waals surface area contributed by atoms with Crippen molar-refractivity contribution in [2.75, 3.05) is 18.2 Å². The van der Waals surface area contributed by atoms with E-state index in [1.165, 1.54) is 38.9 Å². The first kappa shape index (κ1) is 39.1. The average Bonchev–Trinajstić information content (AvgIpc) is 3.13. The van der Waals surface area contributed by atoms with E-state index in [0.717, 1.165) is 44.1 Å². The number of carbonyl (C=O) groups is 3. The predicted octanol–water partition coefficient (Wildman–Crippen LogP) is 8.94. The van der Waals surface area contributed by atoms with Gasteiger partial charge in [0.2, 0.25) is 5.91 Å². The van der Waals surface area contributed by atoms with Crippen molar-refractivity contribution in [3.63, 3.8) is 0 Å². The summed E-state index contributed by atoms with van der Waals surface area (Å²) in [6, 6.07) is 12.0. The molecular weight excluding hydrogens is 663 g/mol. The summed E-state index contributed by atoms with van der Waals surface area (Å²) in [6.07, 6.45) is 14.9. The number of carbonyl (C=O) groups excluding carboxylic acids is 3. The van der Waals surface area contributed by atoms with Crippen molar-refractivity contribution in [2.45, 2.75) is 118 Å². The van der Waals surface area contributed by atoms with Crippen molar-refractivity contribution in [2.24, 2.45) is 51.2 Å². The van der Waals surface area contributed by atoms with E-state index in [9.17, 15) is 19.5 Å². The van der Waals surface area contributed by atoms with Crippen LogP contribution >= 0.6 is 0 Å². The molecule has 6 rings (SSSR count). The minimum atomic E-state index is -0.510. The number of ether oxygens (including phenoxy) is 1. The highest BCUT2D eigenvalue weighted by molar-refractivity contribution is 6.06. The SMILES string of the molecule is CCCC1(C(=O)N/C=C/Cc2cccc(C(=O)Nc3cc(C(=O)OC)ccc3N)c2)CCC2C(CCC3C2(C)CCC2C(C)(C)C(O)CCC23C)C1C. The lowest BCUT2D eigenvalue weighted by Gasteiger charge is -2.69. The summed E-state index contributed by atoms with van der Waals surface area (Å²) in [5.41, 5.74) is 8.56. The number of rotatable bonds is 9. The molecule has 0 aromatic heterocycles. The highest BCUT2D eigenvalue weighted by Crippen LogP contribution is 2.72. The second-order valence-electron chi connectivity index (χ2n) is 18.1. The Hall–Kier alpha value is -3.65. The Balaban J connectivity index is 1.10. The minimum absolute atomic E-state index is 0.0412. The molecule has 8 heteroatoms. The fourth-order valence-corrected chi connectivity index (χ4v) is 12.6. The number of nitrogens with one attached hydrogen (secondary N) is 2. The molecule has 8 nitrogen and oxygen atoms in total. The van der Waals surface area contributed by atoms with Crippen molar-refractivity contribution in [1.82, 2.24) is 5.32 Å². The summed E-state index contributed by atoms with van der Waals surface area (Å²) in [4.78, 5) is 39.4. The first-order valence-electron chi connectivity index (χ1n) is 20.1. The predicted molar refractivity (Wildman–Crippen MR) is 211 cm³/mol. The second-order valence-corrected chi connectivity index (χ2v) is 18.1. The van der Waals surface area contributed by atoms with Crippen LogP contribution in [0.15, 0.2) is 54.7 Å². The fraction of sp³-hybridized carbons (Fsp3) is 0.622. The van der Waals surface area contributed by atoms with E-state index in [-0.39, 0.29) is 39.6 Å². The van der Waals surface area contributed by atoms with Crippen molar-refractivity contribution < 1.29 is 24.2 Å². The van der Waals surface area contributed by atoms with Crippen LogP contribution in [0.1, 0.15) is 132 Å². The highest BCUT2D eigenvalue weighted by atomic mass is 16.5. The summed E-state index contributed by atoms with van der Waals surface area (Å²) < 4.78 is 4.79. The summed E-state index contributed by atoms with van der Waals surface area (Å²) in [5, 5.41) is 17.0. The van der Waals surface area contributed by atoms with E-state index in [1.807, 2.05) is 24.3 Å². The van der Waals surface area contributed by atoms with Gasteiger partial charge < -0.3 is 26.2 Å². The van der Waals surface area contributed by atoms with Crippen LogP contribution in [0.25, 0.3) is 0 Å². The van der Waals surface area contributed by atoms with Gasteiger partial charge in [-0.1, -0.05) is 66.2 Å². The number of anilines is 2. The molecule has 9 atom stereocenters. The minimum Gasteiger partial charge on any atom is -0.465 e. The molecule has 9 unspecified atom stereocenters. The number of esters is 1. The van der Waals surface area contributed by atoms with Crippen molar-refractivity contribution in [3.8, 4) is 0 Å². The molecular formula is C45H63N3O5. The monoisotopic (exact) mass is 725 g/mol. The van der Waals surface area contributed by atoms with Gasteiger partial charge in [-0.3, -0.25) is 9.59 Å². The molecule has 53 heavy (non-hydrogen) atoms. The quantitative estimate of drug-likeness (QED) is 0.151. The number of aliphatic hydroxyl groups is 1. The summed E-state index contributed by atoms with van der Waals surface area (Å²) in [5.74, 6) is 2.01. The van der Waals surface area contributed by atoms with Gasteiger partial charge in [0.15, 0.2) is 0 Å². The number of nitrogen functional groups attached to an aromatic ring is 1. The summed E-state index contributed by atoms with van der Waals surface area (Å²) in [7, 11) is 1.30. The Morgan fingerprint density at radius 1 is 0.925 bits per heavy atom. The van der Waals surface area contributed by atoms with Crippen molar-refractivity contribution in [3.05, 3.63) is 71.4 Å². The zero-order chi connectivity index (χ0) is 38.3. The van der Waals surface area contributed by atoms with Gasteiger partial charge in [-0.15, -0.1) is 0 Å². The zero-order valence-electron chi connectivity index (χ0n) is 33.1. The third kappa shape index (κ3) is 6.83. The molecule has 0 bridgehead atoms. The van der Waals surface area contributed by atoms with Crippen molar-refractivity contribution >= 4 is 29.2 Å². The van der Waals surface area contributed by atoms with Gasteiger partial charge in [-0.25, -0.2) is 4.79 Å². The number of fused-ring (bicyclic) bond motifs is 5. The van der Waals surface area contributed by atoms with Gasteiger partial charge in [-0.2, -0.15) is 0 Å². The lowest BCUT2D eigenvalue weighted by atomic mass is 9.36. The average molecular weight is 726 g/mol. The number of nitrogens with two attached hydrogens (primary N) is 1.